The highest BCUT2D eigenvalue weighted by molar-refractivity contribution is 6.35. The number of phenolic OH excluding ortho intramolecular Hbond substituents is 1. The van der Waals surface area contributed by atoms with E-state index in [4.69, 9.17) is 16.3 Å². The van der Waals surface area contributed by atoms with Crippen LogP contribution in [-0.2, 0) is 22.4 Å². The largest absolute Gasteiger partial charge is 0.507 e. The van der Waals surface area contributed by atoms with Crippen molar-refractivity contribution in [1.29, 1.82) is 0 Å². The van der Waals surface area contributed by atoms with Gasteiger partial charge in [0.1, 0.15) is 16.8 Å². The smallest absolute Gasteiger partial charge is 0.306 e. The molecule has 0 atom stereocenters. The number of nitrogens with zero attached hydrogens (tertiary/aromatic N) is 2. The number of rotatable bonds is 14. The van der Waals surface area contributed by atoms with E-state index >= 15 is 0 Å². The summed E-state index contributed by atoms with van der Waals surface area (Å²) in [5.74, 6) is 0.0233. The summed E-state index contributed by atoms with van der Waals surface area (Å²) < 4.78 is 5.44. The van der Waals surface area contributed by atoms with Gasteiger partial charge in [0.2, 0.25) is 0 Å². The van der Waals surface area contributed by atoms with Gasteiger partial charge in [-0.15, -0.1) is 0 Å². The number of fused-ring (bicyclic) bond motifs is 1. The first kappa shape index (κ1) is 26.0. The maximum Gasteiger partial charge on any atom is 0.306 e. The Morgan fingerprint density at radius 1 is 1.00 bits per heavy atom. The van der Waals surface area contributed by atoms with Gasteiger partial charge in [0.25, 0.3) is 0 Å². The minimum atomic E-state index is -0.185. The van der Waals surface area contributed by atoms with Crippen molar-refractivity contribution >= 4 is 28.6 Å². The Kier molecular flexibility index (Phi) is 10.2. The molecule has 0 unspecified atom stereocenters. The minimum absolute atomic E-state index is 0.185. The normalized spacial score (nSPS) is 11.3. The van der Waals surface area contributed by atoms with Crippen LogP contribution in [0.4, 0.5) is 0 Å². The van der Waals surface area contributed by atoms with Crippen molar-refractivity contribution in [3.05, 3.63) is 40.4 Å². The number of phenols is 1. The van der Waals surface area contributed by atoms with Crippen LogP contribution in [-0.4, -0.2) is 33.1 Å². The molecule has 0 aliphatic carbocycles. The summed E-state index contributed by atoms with van der Waals surface area (Å²) >= 11 is 6.55. The molecule has 2 aromatic carbocycles. The minimum Gasteiger partial charge on any atom is -0.507 e. The zero-order valence-corrected chi connectivity index (χ0v) is 21.1. The van der Waals surface area contributed by atoms with E-state index in [1.807, 2.05) is 12.1 Å². The van der Waals surface area contributed by atoms with E-state index in [0.29, 0.717) is 46.6 Å². The number of benzene rings is 2. The number of aromatic amines is 1. The number of ether oxygens (including phenoxy) is 1. The average Bonchev–Trinajstić information content (AvgIpc) is 3.31. The number of aromatic hydroxyl groups is 1. The lowest BCUT2D eigenvalue weighted by Crippen LogP contribution is -2.07. The summed E-state index contributed by atoms with van der Waals surface area (Å²) in [7, 11) is 0. The number of nitrogens with one attached hydrogen (secondary N) is 1. The highest BCUT2D eigenvalue weighted by Gasteiger charge is 2.19. The molecule has 2 N–H and O–H groups in total. The molecule has 1 aromatic heterocycles. The number of hydrogen-bond donors (Lipinski definition) is 2. The molecule has 0 fully saturated rings. The number of aryl methyl sites for hydroxylation is 2. The zero-order valence-electron chi connectivity index (χ0n) is 20.3. The summed E-state index contributed by atoms with van der Waals surface area (Å²) in [5.41, 5.74) is 4.37. The van der Waals surface area contributed by atoms with E-state index in [1.54, 1.807) is 12.1 Å². The second kappa shape index (κ2) is 13.3. The highest BCUT2D eigenvalue weighted by Crippen LogP contribution is 2.41. The number of hydrogen-bond acceptors (Lipinski definition) is 5. The van der Waals surface area contributed by atoms with Gasteiger partial charge >= 0.3 is 5.97 Å². The standard InChI is InChI=1S/C27H36ClN3O3/c1-3-5-7-8-9-10-16-34-24(32)15-12-19-17-20(11-6-4-2)27(33)21(18-19)25-22(28)13-14-23-26(25)30-31-29-23/h13-14,17-18,33H,3-12,15-16H2,1-2H3,(H,29,30,31). The molecule has 0 aliphatic rings. The Bertz CT molecular complexity index is 1080. The van der Waals surface area contributed by atoms with Crippen molar-refractivity contribution < 1.29 is 14.6 Å². The summed E-state index contributed by atoms with van der Waals surface area (Å²) in [5, 5.41) is 22.6. The van der Waals surface area contributed by atoms with Gasteiger partial charge in [-0.2, -0.15) is 15.4 Å². The van der Waals surface area contributed by atoms with E-state index in [-0.39, 0.29) is 11.7 Å². The van der Waals surface area contributed by atoms with E-state index in [9.17, 15) is 9.90 Å². The van der Waals surface area contributed by atoms with Crippen molar-refractivity contribution in [2.75, 3.05) is 6.61 Å². The van der Waals surface area contributed by atoms with E-state index in [0.717, 1.165) is 43.2 Å². The topological polar surface area (TPSA) is 88.1 Å². The summed E-state index contributed by atoms with van der Waals surface area (Å²) in [6.45, 7) is 4.81. The van der Waals surface area contributed by atoms with Crippen molar-refractivity contribution in [2.24, 2.45) is 0 Å². The quantitative estimate of drug-likeness (QED) is 0.187. The molecule has 3 aromatic rings. The first-order valence-electron chi connectivity index (χ1n) is 12.5. The number of unbranched alkanes of at least 4 members (excludes halogenated alkanes) is 6. The predicted molar refractivity (Wildman–Crippen MR) is 137 cm³/mol. The van der Waals surface area contributed by atoms with Crippen LogP contribution in [0.3, 0.4) is 0 Å². The molecule has 34 heavy (non-hydrogen) atoms. The fourth-order valence-corrected chi connectivity index (χ4v) is 4.44. The lowest BCUT2D eigenvalue weighted by atomic mass is 9.93. The molecule has 3 rings (SSSR count). The van der Waals surface area contributed by atoms with E-state index in [1.165, 1.54) is 25.7 Å². The van der Waals surface area contributed by atoms with Crippen LogP contribution in [0, 0.1) is 0 Å². The number of aromatic nitrogens is 3. The molecular formula is C27H36ClN3O3. The van der Waals surface area contributed by atoms with Crippen LogP contribution < -0.4 is 0 Å². The SMILES string of the molecule is CCCCCCCCOC(=O)CCc1cc(CCCC)c(O)c(-c2c(Cl)ccc3n[nH]nc23)c1. The third kappa shape index (κ3) is 6.95. The number of H-pyrrole nitrogens is 1. The molecule has 184 valence electrons. The van der Waals surface area contributed by atoms with Gasteiger partial charge in [-0.05, 0) is 55.0 Å². The van der Waals surface area contributed by atoms with Gasteiger partial charge in [0.15, 0.2) is 0 Å². The molecule has 7 heteroatoms. The van der Waals surface area contributed by atoms with Crippen LogP contribution in [0.25, 0.3) is 22.2 Å². The Morgan fingerprint density at radius 3 is 2.56 bits per heavy atom. The third-order valence-electron chi connectivity index (χ3n) is 6.13. The molecule has 0 amide bonds. The Labute approximate surface area is 207 Å². The first-order valence-corrected chi connectivity index (χ1v) is 12.9. The van der Waals surface area contributed by atoms with Crippen molar-refractivity contribution in [1.82, 2.24) is 15.4 Å². The molecule has 0 spiro atoms. The average molecular weight is 486 g/mol. The van der Waals surface area contributed by atoms with Crippen LogP contribution in [0.15, 0.2) is 24.3 Å². The monoisotopic (exact) mass is 485 g/mol. The van der Waals surface area contributed by atoms with Crippen molar-refractivity contribution in [3.8, 4) is 16.9 Å². The zero-order chi connectivity index (χ0) is 24.3. The predicted octanol–water partition coefficient (Wildman–Crippen LogP) is 7.16. The molecule has 6 nitrogen and oxygen atoms in total. The second-order valence-electron chi connectivity index (χ2n) is 8.86. The van der Waals surface area contributed by atoms with Crippen LogP contribution in [0.2, 0.25) is 5.02 Å². The number of esters is 1. The molecule has 0 bridgehead atoms. The van der Waals surface area contributed by atoms with Gasteiger partial charge in [-0.25, -0.2) is 0 Å². The van der Waals surface area contributed by atoms with Crippen LogP contribution >= 0.6 is 11.6 Å². The summed E-state index contributed by atoms with van der Waals surface area (Å²) in [4.78, 5) is 12.3. The van der Waals surface area contributed by atoms with Crippen molar-refractivity contribution in [2.45, 2.75) is 84.5 Å². The maximum absolute atomic E-state index is 12.3. The lowest BCUT2D eigenvalue weighted by Gasteiger charge is -2.15. The fraction of sp³-hybridized carbons (Fsp3) is 0.519. The molecule has 0 saturated heterocycles. The van der Waals surface area contributed by atoms with Gasteiger partial charge in [-0.1, -0.05) is 70.0 Å². The molecule has 0 saturated carbocycles. The second-order valence-corrected chi connectivity index (χ2v) is 9.26. The third-order valence-corrected chi connectivity index (χ3v) is 6.45. The van der Waals surface area contributed by atoms with Crippen LogP contribution in [0.5, 0.6) is 5.75 Å². The maximum atomic E-state index is 12.3. The first-order chi connectivity index (χ1) is 16.5. The molecule has 0 aliphatic heterocycles. The summed E-state index contributed by atoms with van der Waals surface area (Å²) in [6.07, 6.45) is 10.5. The molecule has 0 radical (unpaired) electrons. The van der Waals surface area contributed by atoms with Gasteiger partial charge < -0.3 is 9.84 Å². The molecule has 1 heterocycles. The van der Waals surface area contributed by atoms with Gasteiger partial charge in [0.05, 0.1) is 11.6 Å². The Morgan fingerprint density at radius 2 is 1.76 bits per heavy atom. The van der Waals surface area contributed by atoms with E-state index < -0.39 is 0 Å². The number of carbonyl (C=O) groups is 1. The lowest BCUT2D eigenvalue weighted by molar-refractivity contribution is -0.143. The van der Waals surface area contributed by atoms with Gasteiger partial charge in [0, 0.05) is 17.5 Å². The van der Waals surface area contributed by atoms with E-state index in [2.05, 4.69) is 29.3 Å². The van der Waals surface area contributed by atoms with Crippen LogP contribution in [0.1, 0.15) is 82.8 Å². The highest BCUT2D eigenvalue weighted by atomic mass is 35.5. The summed E-state index contributed by atoms with van der Waals surface area (Å²) in [6, 6.07) is 7.45. The van der Waals surface area contributed by atoms with Gasteiger partial charge in [-0.3, -0.25) is 4.79 Å². The number of halogens is 1. The Balaban J connectivity index is 1.72. The fourth-order valence-electron chi connectivity index (χ4n) is 4.18. The number of carbonyl (C=O) groups excluding carboxylic acids is 1. The van der Waals surface area contributed by atoms with Crippen molar-refractivity contribution in [3.63, 3.8) is 0 Å². The Hall–Kier alpha value is -2.60. The molecular weight excluding hydrogens is 450 g/mol.